The first-order valence-corrected chi connectivity index (χ1v) is 15.7. The van der Waals surface area contributed by atoms with Crippen LogP contribution in [0.5, 0.6) is 0 Å². The normalized spacial score (nSPS) is 11.7. The SMILES string of the molecule is Cc1cc(C)c(-c2ccc3oc4ccccc4c3c2)cc1-c1cc(-c2ccccc2)cc(-c2ccc3oc4ccccc4c3c2)c1. The van der Waals surface area contributed by atoms with Gasteiger partial charge in [0.15, 0.2) is 0 Å². The summed E-state index contributed by atoms with van der Waals surface area (Å²) < 4.78 is 12.3. The van der Waals surface area contributed by atoms with Crippen LogP contribution in [-0.2, 0) is 0 Å². The molecule has 0 saturated carbocycles. The molecule has 0 unspecified atom stereocenters. The summed E-state index contributed by atoms with van der Waals surface area (Å²) in [5.74, 6) is 0. The molecule has 0 N–H and O–H groups in total. The lowest BCUT2D eigenvalue weighted by Gasteiger charge is -2.16. The second-order valence-corrected chi connectivity index (χ2v) is 12.3. The van der Waals surface area contributed by atoms with Gasteiger partial charge in [-0.1, -0.05) is 84.9 Å². The summed E-state index contributed by atoms with van der Waals surface area (Å²) in [5.41, 5.74) is 15.7. The highest BCUT2D eigenvalue weighted by atomic mass is 16.3. The van der Waals surface area contributed by atoms with Crippen molar-refractivity contribution >= 4 is 43.9 Å². The Morgan fingerprint density at radius 1 is 0.304 bits per heavy atom. The van der Waals surface area contributed by atoms with E-state index >= 15 is 0 Å². The van der Waals surface area contributed by atoms with E-state index in [0.717, 1.165) is 43.9 Å². The van der Waals surface area contributed by atoms with Gasteiger partial charge in [0.05, 0.1) is 0 Å². The molecule has 0 aliphatic carbocycles. The van der Waals surface area contributed by atoms with Crippen LogP contribution in [0.4, 0.5) is 0 Å². The maximum atomic E-state index is 6.15. The topological polar surface area (TPSA) is 26.3 Å². The predicted molar refractivity (Wildman–Crippen MR) is 192 cm³/mol. The van der Waals surface area contributed by atoms with E-state index in [1.807, 2.05) is 24.3 Å². The summed E-state index contributed by atoms with van der Waals surface area (Å²) in [6.45, 7) is 4.43. The van der Waals surface area contributed by atoms with Crippen LogP contribution in [0.3, 0.4) is 0 Å². The predicted octanol–water partition coefficient (Wildman–Crippen LogP) is 12.8. The van der Waals surface area contributed by atoms with Crippen molar-refractivity contribution in [2.75, 3.05) is 0 Å². The number of hydrogen-bond donors (Lipinski definition) is 0. The molecule has 0 amide bonds. The fourth-order valence-electron chi connectivity index (χ4n) is 7.02. The smallest absolute Gasteiger partial charge is 0.135 e. The maximum Gasteiger partial charge on any atom is 0.135 e. The number of benzene rings is 7. The quantitative estimate of drug-likeness (QED) is 0.204. The third-order valence-electron chi connectivity index (χ3n) is 9.32. The van der Waals surface area contributed by atoms with Crippen molar-refractivity contribution in [1.82, 2.24) is 0 Å². The summed E-state index contributed by atoms with van der Waals surface area (Å²) in [5, 5.41) is 4.56. The number of hydrogen-bond acceptors (Lipinski definition) is 2. The molecular weight excluding hydrogens is 560 g/mol. The highest BCUT2D eigenvalue weighted by Crippen LogP contribution is 2.40. The van der Waals surface area contributed by atoms with E-state index in [-0.39, 0.29) is 0 Å². The maximum absolute atomic E-state index is 6.15. The van der Waals surface area contributed by atoms with Crippen molar-refractivity contribution < 1.29 is 8.83 Å². The van der Waals surface area contributed by atoms with Crippen LogP contribution in [0.1, 0.15) is 11.1 Å². The zero-order chi connectivity index (χ0) is 30.8. The number of aryl methyl sites for hydroxylation is 2. The zero-order valence-electron chi connectivity index (χ0n) is 25.7. The molecular formula is C44H30O2. The fraction of sp³-hybridized carbons (Fsp3) is 0.0455. The highest BCUT2D eigenvalue weighted by molar-refractivity contribution is 6.07. The van der Waals surface area contributed by atoms with Gasteiger partial charge < -0.3 is 8.83 Å². The summed E-state index contributed by atoms with van der Waals surface area (Å²) in [6.07, 6.45) is 0. The average Bonchev–Trinajstić information content (AvgIpc) is 3.66. The lowest BCUT2D eigenvalue weighted by Crippen LogP contribution is -1.92. The Morgan fingerprint density at radius 2 is 0.783 bits per heavy atom. The average molecular weight is 591 g/mol. The molecule has 46 heavy (non-hydrogen) atoms. The summed E-state index contributed by atoms with van der Waals surface area (Å²) in [7, 11) is 0. The van der Waals surface area contributed by atoms with Crippen LogP contribution < -0.4 is 0 Å². The van der Waals surface area contributed by atoms with Crippen LogP contribution in [0.25, 0.3) is 88.4 Å². The minimum atomic E-state index is 0.908. The molecule has 2 heterocycles. The monoisotopic (exact) mass is 590 g/mol. The van der Waals surface area contributed by atoms with Crippen molar-refractivity contribution in [3.05, 3.63) is 157 Å². The number of fused-ring (bicyclic) bond motifs is 6. The molecule has 0 spiro atoms. The lowest BCUT2D eigenvalue weighted by atomic mass is 9.88. The van der Waals surface area contributed by atoms with Crippen LogP contribution in [0.2, 0.25) is 0 Å². The molecule has 0 aliphatic heterocycles. The van der Waals surface area contributed by atoms with E-state index < -0.39 is 0 Å². The summed E-state index contributed by atoms with van der Waals surface area (Å²) >= 11 is 0. The molecule has 0 radical (unpaired) electrons. The first-order chi connectivity index (χ1) is 22.6. The van der Waals surface area contributed by atoms with Gasteiger partial charge in [0.1, 0.15) is 22.3 Å². The third kappa shape index (κ3) is 4.34. The standard InChI is InChI=1S/C44H30O2/c1-27-20-28(2)38(26-37(27)31-17-19-44-40(25-31)36-13-7-9-15-42(36)46-44)34-22-32(29-10-4-3-5-11-29)21-33(23-34)30-16-18-43-39(24-30)35-12-6-8-14-41(35)45-43/h3-26H,1-2H3. The van der Waals surface area contributed by atoms with Gasteiger partial charge in [0, 0.05) is 21.5 Å². The molecule has 9 rings (SSSR count). The minimum Gasteiger partial charge on any atom is -0.456 e. The van der Waals surface area contributed by atoms with Crippen LogP contribution in [0.15, 0.2) is 154 Å². The van der Waals surface area contributed by atoms with Crippen molar-refractivity contribution in [3.63, 3.8) is 0 Å². The Kier molecular flexibility index (Phi) is 5.97. The second kappa shape index (κ2) is 10.4. The van der Waals surface area contributed by atoms with Crippen molar-refractivity contribution in [2.45, 2.75) is 13.8 Å². The number of rotatable bonds is 4. The molecule has 0 bridgehead atoms. The fourth-order valence-corrected chi connectivity index (χ4v) is 7.02. The number of para-hydroxylation sites is 2. The zero-order valence-corrected chi connectivity index (χ0v) is 25.7. The Morgan fingerprint density at radius 3 is 1.43 bits per heavy atom. The van der Waals surface area contributed by atoms with Gasteiger partial charge in [0.25, 0.3) is 0 Å². The van der Waals surface area contributed by atoms with Gasteiger partial charge >= 0.3 is 0 Å². The first kappa shape index (κ1) is 26.5. The van der Waals surface area contributed by atoms with Gasteiger partial charge in [-0.2, -0.15) is 0 Å². The van der Waals surface area contributed by atoms with E-state index in [4.69, 9.17) is 8.83 Å². The van der Waals surface area contributed by atoms with Gasteiger partial charge in [-0.25, -0.2) is 0 Å². The molecule has 2 nitrogen and oxygen atoms in total. The van der Waals surface area contributed by atoms with E-state index in [1.54, 1.807) is 0 Å². The van der Waals surface area contributed by atoms with Crippen LogP contribution in [-0.4, -0.2) is 0 Å². The van der Waals surface area contributed by atoms with E-state index in [9.17, 15) is 0 Å². The van der Waals surface area contributed by atoms with Crippen molar-refractivity contribution in [3.8, 4) is 44.5 Å². The Labute approximate surface area is 267 Å². The molecule has 0 saturated heterocycles. The molecule has 2 aromatic heterocycles. The van der Waals surface area contributed by atoms with E-state index in [1.165, 1.54) is 55.6 Å². The summed E-state index contributed by atoms with van der Waals surface area (Å²) in [4.78, 5) is 0. The molecule has 0 aliphatic rings. The number of furan rings is 2. The largest absolute Gasteiger partial charge is 0.456 e. The lowest BCUT2D eigenvalue weighted by molar-refractivity contribution is 0.668. The second-order valence-electron chi connectivity index (χ2n) is 12.3. The first-order valence-electron chi connectivity index (χ1n) is 15.7. The van der Waals surface area contributed by atoms with Crippen LogP contribution in [0, 0.1) is 13.8 Å². The van der Waals surface area contributed by atoms with E-state index in [0.29, 0.717) is 0 Å². The highest BCUT2D eigenvalue weighted by Gasteiger charge is 2.15. The van der Waals surface area contributed by atoms with Gasteiger partial charge in [-0.3, -0.25) is 0 Å². The molecule has 9 aromatic rings. The van der Waals surface area contributed by atoms with Crippen LogP contribution >= 0.6 is 0 Å². The van der Waals surface area contributed by atoms with Crippen molar-refractivity contribution in [2.24, 2.45) is 0 Å². The van der Waals surface area contributed by atoms with Gasteiger partial charge in [-0.05, 0) is 130 Å². The molecule has 0 atom stereocenters. The summed E-state index contributed by atoms with van der Waals surface area (Å²) in [6, 6.07) is 52.0. The molecule has 2 heteroatoms. The van der Waals surface area contributed by atoms with Gasteiger partial charge in [0.2, 0.25) is 0 Å². The Balaban J connectivity index is 1.23. The minimum absolute atomic E-state index is 0.908. The Bertz CT molecular complexity index is 2600. The van der Waals surface area contributed by atoms with Gasteiger partial charge in [-0.15, -0.1) is 0 Å². The molecule has 218 valence electrons. The third-order valence-corrected chi connectivity index (χ3v) is 9.32. The molecule has 0 fully saturated rings. The van der Waals surface area contributed by atoms with E-state index in [2.05, 4.69) is 135 Å². The Hall–Kier alpha value is -5.86. The molecule has 7 aromatic carbocycles. The van der Waals surface area contributed by atoms with Crippen molar-refractivity contribution in [1.29, 1.82) is 0 Å².